The Hall–Kier alpha value is -0.630. The highest BCUT2D eigenvalue weighted by Gasteiger charge is 2.05. The van der Waals surface area contributed by atoms with Gasteiger partial charge < -0.3 is 11.5 Å². The maximum Gasteiger partial charge on any atom is 0.217 e. The molecule has 0 saturated heterocycles. The number of carbonyl (C=O) groups excluding carboxylic acids is 2. The van der Waals surface area contributed by atoms with Crippen LogP contribution in [0.2, 0.25) is 0 Å². The van der Waals surface area contributed by atoms with Crippen LogP contribution in [-0.2, 0) is 9.59 Å². The van der Waals surface area contributed by atoms with Crippen LogP contribution >= 0.6 is 9.24 Å². The number of hydrogen-bond acceptors (Lipinski definition) is 2. The molecule has 0 saturated carbocycles. The minimum atomic E-state index is -0.304. The van der Waals surface area contributed by atoms with Crippen molar-refractivity contribution in [1.82, 2.24) is 0 Å². The Balaban J connectivity index is 3.39. The molecule has 0 heterocycles. The third-order valence-corrected chi connectivity index (χ3v) is 2.19. The summed E-state index contributed by atoms with van der Waals surface area (Å²) in [5.41, 5.74) is 10.2. The predicted octanol–water partition coefficient (Wildman–Crippen LogP) is -0.239. The summed E-state index contributed by atoms with van der Waals surface area (Å²) in [6.45, 7) is 0. The van der Waals surface area contributed by atoms with Gasteiger partial charge in [0.15, 0.2) is 0 Å². The lowest BCUT2D eigenvalue weighted by Crippen LogP contribution is -2.15. The van der Waals surface area contributed by atoms with Gasteiger partial charge in [-0.15, -0.1) is 9.24 Å². The molecule has 12 heavy (non-hydrogen) atoms. The van der Waals surface area contributed by atoms with E-state index in [0.29, 0.717) is 25.7 Å². The average molecular weight is 190 g/mol. The number of rotatable bonds is 6. The summed E-state index contributed by atoms with van der Waals surface area (Å²) in [4.78, 5) is 20.7. The Morgan fingerprint density at radius 3 is 1.67 bits per heavy atom. The van der Waals surface area contributed by atoms with Crippen LogP contribution in [-0.4, -0.2) is 17.5 Å². The van der Waals surface area contributed by atoms with Crippen LogP contribution in [0.15, 0.2) is 0 Å². The lowest BCUT2D eigenvalue weighted by molar-refractivity contribution is -0.118. The molecule has 0 spiro atoms. The molecule has 0 aromatic rings. The molecule has 1 atom stereocenters. The zero-order chi connectivity index (χ0) is 9.56. The lowest BCUT2D eigenvalue weighted by atomic mass is 10.1. The van der Waals surface area contributed by atoms with Gasteiger partial charge >= 0.3 is 0 Å². The Morgan fingerprint density at radius 2 is 1.42 bits per heavy atom. The molecule has 0 radical (unpaired) electrons. The van der Waals surface area contributed by atoms with Crippen molar-refractivity contribution in [2.45, 2.75) is 31.3 Å². The SMILES string of the molecule is NC(=O)CCC(P)CCC(N)=O. The molecule has 70 valence electrons. The van der Waals surface area contributed by atoms with Gasteiger partial charge in [0.2, 0.25) is 11.8 Å². The van der Waals surface area contributed by atoms with E-state index in [1.165, 1.54) is 0 Å². The highest BCUT2D eigenvalue weighted by atomic mass is 31.0. The first-order chi connectivity index (χ1) is 5.52. The standard InChI is InChI=1S/C7H15N2O2P/c8-6(10)3-1-5(12)2-4-7(9)11/h5H,1-4,12H2,(H2,8,10)(H2,9,11). The Kier molecular flexibility index (Phi) is 5.64. The maximum atomic E-state index is 10.4. The van der Waals surface area contributed by atoms with Crippen molar-refractivity contribution < 1.29 is 9.59 Å². The van der Waals surface area contributed by atoms with Gasteiger partial charge in [-0.05, 0) is 18.5 Å². The second-order valence-corrected chi connectivity index (χ2v) is 3.71. The van der Waals surface area contributed by atoms with Crippen molar-refractivity contribution in [3.05, 3.63) is 0 Å². The highest BCUT2D eigenvalue weighted by Crippen LogP contribution is 2.13. The van der Waals surface area contributed by atoms with Gasteiger partial charge in [-0.3, -0.25) is 9.59 Å². The van der Waals surface area contributed by atoms with Crippen LogP contribution in [0.25, 0.3) is 0 Å². The molecule has 0 aliphatic heterocycles. The molecule has 4 N–H and O–H groups in total. The molecular weight excluding hydrogens is 175 g/mol. The predicted molar refractivity (Wildman–Crippen MR) is 50.4 cm³/mol. The fourth-order valence-electron chi connectivity index (χ4n) is 0.800. The topological polar surface area (TPSA) is 86.2 Å². The van der Waals surface area contributed by atoms with Crippen LogP contribution in [0.4, 0.5) is 0 Å². The summed E-state index contributed by atoms with van der Waals surface area (Å²) in [6.07, 6.45) is 2.14. The molecule has 0 fully saturated rings. The van der Waals surface area contributed by atoms with Gasteiger partial charge in [0.05, 0.1) is 0 Å². The van der Waals surface area contributed by atoms with E-state index in [2.05, 4.69) is 9.24 Å². The van der Waals surface area contributed by atoms with Gasteiger partial charge in [0.1, 0.15) is 0 Å². The first kappa shape index (κ1) is 11.4. The van der Waals surface area contributed by atoms with Gasteiger partial charge in [-0.1, -0.05) is 0 Å². The van der Waals surface area contributed by atoms with E-state index in [0.717, 1.165) is 0 Å². The summed E-state index contributed by atoms with van der Waals surface area (Å²) in [5, 5.41) is 0. The van der Waals surface area contributed by atoms with E-state index in [9.17, 15) is 9.59 Å². The van der Waals surface area contributed by atoms with Crippen molar-refractivity contribution in [1.29, 1.82) is 0 Å². The summed E-state index contributed by atoms with van der Waals surface area (Å²) in [5.74, 6) is -0.608. The van der Waals surface area contributed by atoms with E-state index in [4.69, 9.17) is 11.5 Å². The summed E-state index contributed by atoms with van der Waals surface area (Å²) < 4.78 is 0. The first-order valence-corrected chi connectivity index (χ1v) is 4.51. The number of nitrogens with two attached hydrogens (primary N) is 2. The minimum Gasteiger partial charge on any atom is -0.370 e. The van der Waals surface area contributed by atoms with E-state index in [1.54, 1.807) is 0 Å². The zero-order valence-electron chi connectivity index (χ0n) is 6.95. The average Bonchev–Trinajstić information content (AvgIpc) is 1.96. The summed E-state index contributed by atoms with van der Waals surface area (Å²) in [6, 6.07) is 0. The number of amides is 2. The number of hydrogen-bond donors (Lipinski definition) is 2. The molecule has 0 aliphatic rings. The van der Waals surface area contributed by atoms with Crippen molar-refractivity contribution in [3.8, 4) is 0 Å². The summed E-state index contributed by atoms with van der Waals surface area (Å²) in [7, 11) is 2.57. The van der Waals surface area contributed by atoms with E-state index in [1.807, 2.05) is 0 Å². The van der Waals surface area contributed by atoms with Crippen LogP contribution < -0.4 is 11.5 Å². The first-order valence-electron chi connectivity index (χ1n) is 3.84. The third-order valence-electron chi connectivity index (χ3n) is 1.52. The number of primary amides is 2. The van der Waals surface area contributed by atoms with E-state index < -0.39 is 0 Å². The van der Waals surface area contributed by atoms with Gasteiger partial charge in [-0.25, -0.2) is 0 Å². The Labute approximate surface area is 74.3 Å². The summed E-state index contributed by atoms with van der Waals surface area (Å²) >= 11 is 0. The molecule has 0 aromatic carbocycles. The van der Waals surface area contributed by atoms with Crippen LogP contribution in [0.3, 0.4) is 0 Å². The van der Waals surface area contributed by atoms with Crippen LogP contribution in [0, 0.1) is 0 Å². The second kappa shape index (κ2) is 5.95. The third kappa shape index (κ3) is 7.48. The van der Waals surface area contributed by atoms with Gasteiger partial charge in [0.25, 0.3) is 0 Å². The minimum absolute atomic E-state index is 0.255. The second-order valence-electron chi connectivity index (χ2n) is 2.77. The van der Waals surface area contributed by atoms with Crippen molar-refractivity contribution >= 4 is 21.1 Å². The monoisotopic (exact) mass is 190 g/mol. The largest absolute Gasteiger partial charge is 0.370 e. The van der Waals surface area contributed by atoms with Gasteiger partial charge in [0, 0.05) is 12.8 Å². The fraction of sp³-hybridized carbons (Fsp3) is 0.714. The zero-order valence-corrected chi connectivity index (χ0v) is 8.11. The highest BCUT2D eigenvalue weighted by molar-refractivity contribution is 7.17. The van der Waals surface area contributed by atoms with Crippen LogP contribution in [0.1, 0.15) is 25.7 Å². The maximum absolute atomic E-state index is 10.4. The normalized spacial score (nSPS) is 10.2. The molecule has 2 amide bonds. The molecule has 0 bridgehead atoms. The smallest absolute Gasteiger partial charge is 0.217 e. The van der Waals surface area contributed by atoms with Crippen LogP contribution in [0.5, 0.6) is 0 Å². The molecule has 0 aromatic heterocycles. The quantitative estimate of drug-likeness (QED) is 0.566. The molecule has 0 aliphatic carbocycles. The van der Waals surface area contributed by atoms with E-state index in [-0.39, 0.29) is 17.5 Å². The van der Waals surface area contributed by atoms with Crippen molar-refractivity contribution in [3.63, 3.8) is 0 Å². The molecule has 5 heteroatoms. The molecule has 1 unspecified atom stereocenters. The van der Waals surface area contributed by atoms with E-state index >= 15 is 0 Å². The van der Waals surface area contributed by atoms with Gasteiger partial charge in [-0.2, -0.15) is 0 Å². The Morgan fingerprint density at radius 1 is 1.08 bits per heavy atom. The molecule has 4 nitrogen and oxygen atoms in total. The lowest BCUT2D eigenvalue weighted by Gasteiger charge is -2.07. The van der Waals surface area contributed by atoms with Crippen molar-refractivity contribution in [2.75, 3.05) is 0 Å². The number of carbonyl (C=O) groups is 2. The Bertz CT molecular complexity index is 155. The molecular formula is C7H15N2O2P. The van der Waals surface area contributed by atoms with Crippen molar-refractivity contribution in [2.24, 2.45) is 11.5 Å². The molecule has 0 rings (SSSR count). The fourth-order valence-corrected chi connectivity index (χ4v) is 1.13.